The van der Waals surface area contributed by atoms with Gasteiger partial charge in [0.25, 0.3) is 0 Å². The highest BCUT2D eigenvalue weighted by atomic mass is 15.2. The van der Waals surface area contributed by atoms with Crippen LogP contribution in [0.15, 0.2) is 146 Å². The van der Waals surface area contributed by atoms with E-state index >= 15 is 0 Å². The van der Waals surface area contributed by atoms with Crippen molar-refractivity contribution in [3.05, 3.63) is 174 Å². The monoisotopic (exact) mass is 661 g/mol. The van der Waals surface area contributed by atoms with E-state index in [2.05, 4.69) is 184 Å². The summed E-state index contributed by atoms with van der Waals surface area (Å²) in [4.78, 5) is 20.8. The van der Waals surface area contributed by atoms with Crippen molar-refractivity contribution in [2.24, 2.45) is 0 Å². The molecular weight excluding hydrogens is 623 g/mol. The van der Waals surface area contributed by atoms with E-state index in [1.54, 1.807) is 0 Å². The van der Waals surface area contributed by atoms with Gasteiger partial charge in [-0.2, -0.15) is 0 Å². The molecule has 248 valence electrons. The molecule has 2 aliphatic carbocycles. The van der Waals surface area contributed by atoms with Crippen molar-refractivity contribution < 1.29 is 0 Å². The number of fused-ring (bicyclic) bond motifs is 6. The Labute approximate surface area is 299 Å². The van der Waals surface area contributed by atoms with Crippen LogP contribution >= 0.6 is 0 Å². The van der Waals surface area contributed by atoms with Gasteiger partial charge >= 0.3 is 0 Å². The lowest BCUT2D eigenvalue weighted by Crippen LogP contribution is -2.20. The second-order valence-corrected chi connectivity index (χ2v) is 14.7. The van der Waals surface area contributed by atoms with Crippen LogP contribution in [-0.2, 0) is 10.8 Å². The Balaban J connectivity index is 1.17. The number of hydrogen-bond donors (Lipinski definition) is 0. The molecule has 0 atom stereocenters. The third-order valence-corrected chi connectivity index (χ3v) is 10.7. The molecule has 0 aliphatic heterocycles. The fourth-order valence-electron chi connectivity index (χ4n) is 8.05. The standard InChI is InChI=1S/C46H39N5/c1-30-26-35(50(31-18-10-6-11-19-31)32-20-12-7-13-21-32)27-37-39(30)41-43(45(37,2)3)49-42-40-38(46(4,5)44(42)48-41)28-36(29-47-40)51(33-22-14-8-15-23-33)34-24-16-9-17-25-34/h6-29H,1-5H3. The normalized spacial score (nSPS) is 14.3. The molecule has 5 nitrogen and oxygen atoms in total. The van der Waals surface area contributed by atoms with Gasteiger partial charge in [-0.05, 0) is 104 Å². The lowest BCUT2D eigenvalue weighted by molar-refractivity contribution is 0.617. The number of pyridine rings is 1. The van der Waals surface area contributed by atoms with Crippen molar-refractivity contribution in [1.29, 1.82) is 0 Å². The molecule has 0 radical (unpaired) electrons. The largest absolute Gasteiger partial charge is 0.310 e. The number of rotatable bonds is 6. The quantitative estimate of drug-likeness (QED) is 0.177. The molecule has 0 bridgehead atoms. The molecule has 0 N–H and O–H groups in total. The summed E-state index contributed by atoms with van der Waals surface area (Å²) in [7, 11) is 0. The number of nitrogens with zero attached hydrogens (tertiary/aromatic N) is 5. The lowest BCUT2D eigenvalue weighted by Gasteiger charge is -2.28. The van der Waals surface area contributed by atoms with Gasteiger partial charge in [0.1, 0.15) is 5.69 Å². The van der Waals surface area contributed by atoms with Crippen LogP contribution in [0.5, 0.6) is 0 Å². The summed E-state index contributed by atoms with van der Waals surface area (Å²) in [5.41, 5.74) is 15.3. The van der Waals surface area contributed by atoms with E-state index in [9.17, 15) is 0 Å². The van der Waals surface area contributed by atoms with Crippen LogP contribution in [0.3, 0.4) is 0 Å². The fraction of sp³-hybridized carbons (Fsp3) is 0.152. The first kappa shape index (κ1) is 30.9. The van der Waals surface area contributed by atoms with Gasteiger partial charge in [-0.15, -0.1) is 0 Å². The zero-order valence-corrected chi connectivity index (χ0v) is 29.6. The van der Waals surface area contributed by atoms with E-state index in [4.69, 9.17) is 15.0 Å². The third-order valence-electron chi connectivity index (χ3n) is 10.7. The third kappa shape index (κ3) is 4.79. The first-order valence-electron chi connectivity index (χ1n) is 17.6. The number of aryl methyl sites for hydroxylation is 1. The van der Waals surface area contributed by atoms with Crippen LogP contribution < -0.4 is 9.80 Å². The Morgan fingerprint density at radius 1 is 0.431 bits per heavy atom. The van der Waals surface area contributed by atoms with Crippen molar-refractivity contribution in [1.82, 2.24) is 15.0 Å². The van der Waals surface area contributed by atoms with Crippen molar-refractivity contribution in [2.45, 2.75) is 45.4 Å². The van der Waals surface area contributed by atoms with Crippen molar-refractivity contribution in [3.63, 3.8) is 0 Å². The minimum Gasteiger partial charge on any atom is -0.310 e. The second-order valence-electron chi connectivity index (χ2n) is 14.7. The first-order chi connectivity index (χ1) is 24.7. The number of aromatic nitrogens is 3. The Hall–Kier alpha value is -6.07. The van der Waals surface area contributed by atoms with Gasteiger partial charge in [0, 0.05) is 44.8 Å². The smallest absolute Gasteiger partial charge is 0.112 e. The minimum absolute atomic E-state index is 0.364. The molecule has 7 aromatic rings. The predicted octanol–water partition coefficient (Wildman–Crippen LogP) is 11.7. The summed E-state index contributed by atoms with van der Waals surface area (Å²) >= 11 is 0. The Kier molecular flexibility index (Phi) is 6.97. The van der Waals surface area contributed by atoms with Gasteiger partial charge in [0.05, 0.1) is 34.7 Å². The van der Waals surface area contributed by atoms with Gasteiger partial charge in [-0.1, -0.05) is 86.6 Å². The Bertz CT molecular complexity index is 2340. The number of hydrogen-bond acceptors (Lipinski definition) is 5. The van der Waals surface area contributed by atoms with E-state index in [0.29, 0.717) is 0 Å². The second kappa shape index (κ2) is 11.5. The molecule has 5 aromatic carbocycles. The minimum atomic E-state index is -0.396. The Morgan fingerprint density at radius 2 is 0.843 bits per heavy atom. The molecule has 5 heteroatoms. The summed E-state index contributed by atoms with van der Waals surface area (Å²) in [6.07, 6.45) is 1.98. The molecule has 0 spiro atoms. The van der Waals surface area contributed by atoms with E-state index in [1.165, 1.54) is 16.7 Å². The maximum Gasteiger partial charge on any atom is 0.112 e. The first-order valence-corrected chi connectivity index (χ1v) is 17.6. The highest BCUT2D eigenvalue weighted by molar-refractivity contribution is 5.88. The average Bonchev–Trinajstić information content (AvgIpc) is 3.52. The van der Waals surface area contributed by atoms with Gasteiger partial charge < -0.3 is 9.80 Å². The van der Waals surface area contributed by atoms with E-state index in [1.807, 2.05) is 6.20 Å². The maximum absolute atomic E-state index is 5.55. The van der Waals surface area contributed by atoms with Gasteiger partial charge in [0.15, 0.2) is 0 Å². The molecular formula is C46H39N5. The van der Waals surface area contributed by atoms with Crippen LogP contribution in [-0.4, -0.2) is 15.0 Å². The fourth-order valence-corrected chi connectivity index (χ4v) is 8.05. The highest BCUT2D eigenvalue weighted by Crippen LogP contribution is 2.55. The summed E-state index contributed by atoms with van der Waals surface area (Å²) in [6.45, 7) is 11.3. The molecule has 2 aromatic heterocycles. The van der Waals surface area contributed by atoms with Crippen LogP contribution in [0.2, 0.25) is 0 Å². The molecule has 0 amide bonds. The summed E-state index contributed by atoms with van der Waals surface area (Å²) in [5.74, 6) is 0. The maximum atomic E-state index is 5.55. The summed E-state index contributed by atoms with van der Waals surface area (Å²) in [6, 6.07) is 49.1. The van der Waals surface area contributed by atoms with Crippen LogP contribution in [0.1, 0.15) is 55.8 Å². The predicted molar refractivity (Wildman–Crippen MR) is 209 cm³/mol. The van der Waals surface area contributed by atoms with E-state index in [0.717, 1.165) is 68.2 Å². The Morgan fingerprint density at radius 3 is 1.35 bits per heavy atom. The SMILES string of the molecule is Cc1cc(N(c2ccccc2)c2ccccc2)cc2c1-c1nc3c(nc1C2(C)C)-c1ncc(N(c2ccccc2)c2ccccc2)cc1C3(C)C. The molecule has 51 heavy (non-hydrogen) atoms. The molecule has 2 aliphatic rings. The molecule has 2 heterocycles. The van der Waals surface area contributed by atoms with Crippen molar-refractivity contribution >= 4 is 34.1 Å². The highest BCUT2D eigenvalue weighted by Gasteiger charge is 2.46. The summed E-state index contributed by atoms with van der Waals surface area (Å²) < 4.78 is 0. The zero-order chi connectivity index (χ0) is 34.9. The topological polar surface area (TPSA) is 45.2 Å². The molecule has 0 fully saturated rings. The summed E-state index contributed by atoms with van der Waals surface area (Å²) in [5, 5.41) is 0. The number of benzene rings is 5. The van der Waals surface area contributed by atoms with E-state index in [-0.39, 0.29) is 5.41 Å². The van der Waals surface area contributed by atoms with Gasteiger partial charge in [-0.3, -0.25) is 4.98 Å². The zero-order valence-electron chi connectivity index (χ0n) is 29.6. The lowest BCUT2D eigenvalue weighted by atomic mass is 9.84. The van der Waals surface area contributed by atoms with Crippen LogP contribution in [0, 0.1) is 6.92 Å². The average molecular weight is 662 g/mol. The van der Waals surface area contributed by atoms with Crippen LogP contribution in [0.4, 0.5) is 34.1 Å². The molecule has 0 saturated heterocycles. The van der Waals surface area contributed by atoms with Crippen molar-refractivity contribution in [2.75, 3.05) is 9.80 Å². The van der Waals surface area contributed by atoms with Crippen molar-refractivity contribution in [3.8, 4) is 22.6 Å². The van der Waals surface area contributed by atoms with E-state index < -0.39 is 5.41 Å². The van der Waals surface area contributed by atoms with Gasteiger partial charge in [-0.25, -0.2) is 9.97 Å². The van der Waals surface area contributed by atoms with Gasteiger partial charge in [0.2, 0.25) is 0 Å². The number of anilines is 6. The molecule has 0 saturated carbocycles. The van der Waals surface area contributed by atoms with Crippen LogP contribution in [0.25, 0.3) is 22.6 Å². The number of para-hydroxylation sites is 4. The molecule has 0 unspecified atom stereocenters. The molecule has 9 rings (SSSR count).